The Morgan fingerprint density at radius 3 is 2.50 bits per heavy atom. The van der Waals surface area contributed by atoms with E-state index in [1.165, 1.54) is 6.07 Å². The Labute approximate surface area is 148 Å². The van der Waals surface area contributed by atoms with Crippen molar-refractivity contribution < 1.29 is 22.3 Å². The molecule has 2 N–H and O–H groups in total. The van der Waals surface area contributed by atoms with Gasteiger partial charge in [0.05, 0.1) is 18.4 Å². The molecule has 0 aliphatic heterocycles. The fraction of sp³-hybridized carbons (Fsp3) is 0.167. The molecule has 8 heteroatoms. The number of benzene rings is 1. The van der Waals surface area contributed by atoms with E-state index in [4.69, 9.17) is 10.6 Å². The summed E-state index contributed by atoms with van der Waals surface area (Å²) in [6, 6.07) is 4.76. The third kappa shape index (κ3) is 4.20. The third-order valence-corrected chi connectivity index (χ3v) is 3.70. The largest absolute Gasteiger partial charge is 0.464 e. The van der Waals surface area contributed by atoms with Crippen LogP contribution in [0.4, 0.5) is 17.6 Å². The highest BCUT2D eigenvalue weighted by Crippen LogP contribution is 2.42. The highest BCUT2D eigenvalue weighted by Gasteiger charge is 2.45. The fourth-order valence-electron chi connectivity index (χ4n) is 2.40. The van der Waals surface area contributed by atoms with Gasteiger partial charge in [0.25, 0.3) is 5.92 Å². The second-order valence-corrected chi connectivity index (χ2v) is 5.38. The Kier molecular flexibility index (Phi) is 5.99. The number of hydrogen-bond acceptors (Lipinski definition) is 4. The summed E-state index contributed by atoms with van der Waals surface area (Å²) in [4.78, 5) is 3.69. The van der Waals surface area contributed by atoms with Crippen molar-refractivity contribution in [1.29, 1.82) is 0 Å². The second kappa shape index (κ2) is 8.01. The lowest BCUT2D eigenvalue weighted by Crippen LogP contribution is -2.37. The monoisotopic (exact) mass is 367 g/mol. The van der Waals surface area contributed by atoms with Gasteiger partial charge in [0, 0.05) is 18.8 Å². The van der Waals surface area contributed by atoms with E-state index in [9.17, 15) is 8.78 Å². The average Bonchev–Trinajstić information content (AvgIpc) is 2.60. The van der Waals surface area contributed by atoms with Crippen molar-refractivity contribution in [3.05, 3.63) is 85.0 Å². The number of hydrogen-bond donors (Lipinski definition) is 1. The SMILES string of the molecule is C=COc1ccc(C(F)(F)C(CN(N)C=C)c2ccc(F)cc2F)nc1. The number of alkyl halides is 2. The van der Waals surface area contributed by atoms with Crippen molar-refractivity contribution >= 4 is 0 Å². The molecule has 0 saturated carbocycles. The van der Waals surface area contributed by atoms with Crippen LogP contribution in [0.3, 0.4) is 0 Å². The number of rotatable bonds is 8. The molecule has 2 rings (SSSR count). The van der Waals surface area contributed by atoms with E-state index in [-0.39, 0.29) is 11.3 Å². The number of halogens is 4. The van der Waals surface area contributed by atoms with Crippen LogP contribution in [-0.2, 0) is 5.92 Å². The van der Waals surface area contributed by atoms with Gasteiger partial charge in [-0.05, 0) is 23.8 Å². The Morgan fingerprint density at radius 1 is 1.23 bits per heavy atom. The van der Waals surface area contributed by atoms with Gasteiger partial charge in [-0.2, -0.15) is 8.78 Å². The Bertz CT molecular complexity index is 781. The topological polar surface area (TPSA) is 51.4 Å². The van der Waals surface area contributed by atoms with E-state index in [1.54, 1.807) is 0 Å². The van der Waals surface area contributed by atoms with E-state index in [2.05, 4.69) is 18.1 Å². The summed E-state index contributed by atoms with van der Waals surface area (Å²) in [5, 5.41) is 0.899. The van der Waals surface area contributed by atoms with Crippen LogP contribution < -0.4 is 10.6 Å². The van der Waals surface area contributed by atoms with Crippen LogP contribution in [-0.4, -0.2) is 16.5 Å². The van der Waals surface area contributed by atoms with Gasteiger partial charge in [-0.3, -0.25) is 4.98 Å². The smallest absolute Gasteiger partial charge is 0.298 e. The maximum Gasteiger partial charge on any atom is 0.298 e. The summed E-state index contributed by atoms with van der Waals surface area (Å²) in [5.41, 5.74) is -0.998. The number of nitrogens with zero attached hydrogens (tertiary/aromatic N) is 2. The van der Waals surface area contributed by atoms with Crippen LogP contribution in [0.2, 0.25) is 0 Å². The summed E-state index contributed by atoms with van der Waals surface area (Å²) < 4.78 is 62.5. The fourth-order valence-corrected chi connectivity index (χ4v) is 2.40. The first-order valence-electron chi connectivity index (χ1n) is 7.50. The van der Waals surface area contributed by atoms with Crippen LogP contribution in [0.25, 0.3) is 0 Å². The van der Waals surface area contributed by atoms with E-state index in [0.717, 1.165) is 41.9 Å². The normalized spacial score (nSPS) is 12.3. The Morgan fingerprint density at radius 2 is 1.96 bits per heavy atom. The van der Waals surface area contributed by atoms with Crippen molar-refractivity contribution in [3.63, 3.8) is 0 Å². The molecule has 0 aliphatic rings. The molecule has 0 aliphatic carbocycles. The zero-order chi connectivity index (χ0) is 19.3. The van der Waals surface area contributed by atoms with Crippen LogP contribution in [0.5, 0.6) is 5.75 Å². The van der Waals surface area contributed by atoms with Crippen LogP contribution in [0.1, 0.15) is 17.2 Å². The standard InChI is InChI=1S/C18H17F4N3O/c1-3-25(23)11-15(14-7-5-12(19)9-16(14)20)18(21,22)17-8-6-13(10-24-17)26-4-2/h3-10,15H,1-2,11,23H2. The molecule has 1 heterocycles. The zero-order valence-electron chi connectivity index (χ0n) is 13.7. The molecule has 0 fully saturated rings. The lowest BCUT2D eigenvalue weighted by molar-refractivity contribution is -0.0458. The summed E-state index contributed by atoms with van der Waals surface area (Å²) in [5.74, 6) is -1.52. The molecule has 0 saturated heterocycles. The number of nitrogens with two attached hydrogens (primary N) is 1. The third-order valence-electron chi connectivity index (χ3n) is 3.70. The first-order valence-corrected chi connectivity index (χ1v) is 7.50. The summed E-state index contributed by atoms with van der Waals surface area (Å²) in [7, 11) is 0. The molecular formula is C18H17F4N3O. The molecule has 1 atom stereocenters. The van der Waals surface area contributed by atoms with Gasteiger partial charge < -0.3 is 9.75 Å². The van der Waals surface area contributed by atoms with Gasteiger partial charge in [-0.25, -0.2) is 14.6 Å². The van der Waals surface area contributed by atoms with Gasteiger partial charge in [0.15, 0.2) is 0 Å². The van der Waals surface area contributed by atoms with Crippen LogP contribution >= 0.6 is 0 Å². The van der Waals surface area contributed by atoms with E-state index < -0.39 is 35.7 Å². The Balaban J connectivity index is 2.47. The quantitative estimate of drug-likeness (QED) is 0.331. The predicted molar refractivity (Wildman–Crippen MR) is 89.1 cm³/mol. The first kappa shape index (κ1) is 19.5. The average molecular weight is 367 g/mol. The molecular weight excluding hydrogens is 350 g/mol. The molecule has 0 amide bonds. The molecule has 0 radical (unpaired) electrons. The first-order chi connectivity index (χ1) is 12.3. The van der Waals surface area contributed by atoms with E-state index in [0.29, 0.717) is 6.07 Å². The summed E-state index contributed by atoms with van der Waals surface area (Å²) in [6.45, 7) is 6.28. The number of aromatic nitrogens is 1. The lowest BCUT2D eigenvalue weighted by atomic mass is 9.89. The van der Waals surface area contributed by atoms with Crippen molar-refractivity contribution in [2.45, 2.75) is 11.8 Å². The van der Waals surface area contributed by atoms with Crippen molar-refractivity contribution in [1.82, 2.24) is 9.99 Å². The maximum atomic E-state index is 15.1. The molecule has 1 aromatic carbocycles. The molecule has 1 unspecified atom stereocenters. The minimum absolute atomic E-state index is 0.218. The van der Waals surface area contributed by atoms with Gasteiger partial charge in [-0.15, -0.1) is 0 Å². The number of pyridine rings is 1. The van der Waals surface area contributed by atoms with Gasteiger partial charge in [0.2, 0.25) is 0 Å². The Hall–Kier alpha value is -2.87. The van der Waals surface area contributed by atoms with Crippen LogP contribution in [0.15, 0.2) is 62.1 Å². The molecule has 0 bridgehead atoms. The highest BCUT2D eigenvalue weighted by atomic mass is 19.3. The van der Waals surface area contributed by atoms with Crippen LogP contribution in [0, 0.1) is 11.6 Å². The minimum Gasteiger partial charge on any atom is -0.464 e. The molecule has 0 spiro atoms. The van der Waals surface area contributed by atoms with Gasteiger partial charge >= 0.3 is 0 Å². The maximum absolute atomic E-state index is 15.1. The molecule has 2 aromatic rings. The zero-order valence-corrected chi connectivity index (χ0v) is 13.7. The van der Waals surface area contributed by atoms with Crippen molar-refractivity contribution in [2.24, 2.45) is 5.84 Å². The van der Waals surface area contributed by atoms with E-state index in [1.807, 2.05) is 0 Å². The summed E-state index contributed by atoms with van der Waals surface area (Å²) in [6.07, 6.45) is 3.34. The molecule has 26 heavy (non-hydrogen) atoms. The minimum atomic E-state index is -3.61. The molecule has 4 nitrogen and oxygen atoms in total. The molecule has 138 valence electrons. The predicted octanol–water partition coefficient (Wildman–Crippen LogP) is 4.08. The second-order valence-electron chi connectivity index (χ2n) is 5.38. The number of ether oxygens (including phenoxy) is 1. The molecule has 1 aromatic heterocycles. The van der Waals surface area contributed by atoms with Gasteiger partial charge in [-0.1, -0.05) is 19.2 Å². The number of hydrazine groups is 1. The van der Waals surface area contributed by atoms with Gasteiger partial charge in [0.1, 0.15) is 23.1 Å². The van der Waals surface area contributed by atoms with Crippen molar-refractivity contribution in [3.8, 4) is 5.75 Å². The summed E-state index contributed by atoms with van der Waals surface area (Å²) >= 11 is 0. The lowest BCUT2D eigenvalue weighted by Gasteiger charge is -2.30. The van der Waals surface area contributed by atoms with E-state index >= 15 is 8.78 Å². The van der Waals surface area contributed by atoms with Crippen molar-refractivity contribution in [2.75, 3.05) is 6.54 Å². The highest BCUT2D eigenvalue weighted by molar-refractivity contribution is 5.30.